The Kier molecular flexibility index (Phi) is 9.07. The molecule has 2 aromatic heterocycles. The number of hydrogen-bond donors (Lipinski definition) is 0. The summed E-state index contributed by atoms with van der Waals surface area (Å²) in [5.41, 5.74) is 2.25. The predicted octanol–water partition coefficient (Wildman–Crippen LogP) is 7.81. The number of aryl methyl sites for hydroxylation is 1. The molecule has 0 saturated heterocycles. The van der Waals surface area contributed by atoms with E-state index >= 15 is 0 Å². The average Bonchev–Trinajstić information content (AvgIpc) is 3.33. The van der Waals surface area contributed by atoms with E-state index in [9.17, 15) is 4.79 Å². The molecule has 1 aromatic carbocycles. The number of carbonyl (C=O) groups is 1. The smallest absolute Gasteiger partial charge is 0.344 e. The van der Waals surface area contributed by atoms with Crippen LogP contribution in [-0.4, -0.2) is 24.9 Å². The lowest BCUT2D eigenvalue weighted by Gasteiger charge is -2.10. The highest BCUT2D eigenvalue weighted by Crippen LogP contribution is 2.37. The summed E-state index contributed by atoms with van der Waals surface area (Å²) in [6.45, 7) is 4.05. The molecule has 0 aliphatic carbocycles. The summed E-state index contributed by atoms with van der Waals surface area (Å²) in [5.74, 6) is 1.20. The molecule has 0 spiro atoms. The van der Waals surface area contributed by atoms with Crippen LogP contribution in [0.4, 0.5) is 0 Å². The number of ether oxygens (including phenoxy) is 2. The van der Waals surface area contributed by atoms with Crippen LogP contribution in [0.1, 0.15) is 22.2 Å². The van der Waals surface area contributed by atoms with Crippen LogP contribution in [0, 0.1) is 6.92 Å². The van der Waals surface area contributed by atoms with Gasteiger partial charge in [-0.25, -0.2) is 4.79 Å². The van der Waals surface area contributed by atoms with Gasteiger partial charge in [-0.05, 0) is 93.7 Å². The summed E-state index contributed by atoms with van der Waals surface area (Å²) < 4.78 is 12.7. The zero-order valence-electron chi connectivity index (χ0n) is 16.4. The molecular weight excluding hydrogens is 568 g/mol. The number of thiophene rings is 2. The first-order valence-electron chi connectivity index (χ1n) is 9.19. The van der Waals surface area contributed by atoms with Crippen molar-refractivity contribution in [3.8, 4) is 5.75 Å². The molecule has 0 aliphatic rings. The second-order valence-electron chi connectivity index (χ2n) is 6.16. The van der Waals surface area contributed by atoms with E-state index in [0.29, 0.717) is 12.4 Å². The molecule has 0 atom stereocenters. The number of thioether (sulfide) groups is 1. The number of carbonyl (C=O) groups excluding carboxylic acids is 1. The van der Waals surface area contributed by atoms with Gasteiger partial charge in [-0.1, -0.05) is 6.08 Å². The topological polar surface area (TPSA) is 35.5 Å². The average molecular weight is 588 g/mol. The fourth-order valence-electron chi connectivity index (χ4n) is 2.67. The molecule has 3 rings (SSSR count). The summed E-state index contributed by atoms with van der Waals surface area (Å²) in [7, 11) is 0. The molecule has 0 bridgehead atoms. The molecule has 158 valence electrons. The predicted molar refractivity (Wildman–Crippen MR) is 135 cm³/mol. The lowest BCUT2D eigenvalue weighted by molar-refractivity contribution is -0.145. The Hall–Kier alpha value is -1.06. The number of benzene rings is 1. The Morgan fingerprint density at radius 1 is 1.07 bits per heavy atom. The quantitative estimate of drug-likeness (QED) is 0.189. The summed E-state index contributed by atoms with van der Waals surface area (Å²) in [6.07, 6.45) is 2.28. The summed E-state index contributed by atoms with van der Waals surface area (Å²) in [6, 6.07) is 14.5. The Labute approximate surface area is 205 Å². The van der Waals surface area contributed by atoms with Crippen molar-refractivity contribution in [3.05, 3.63) is 71.4 Å². The van der Waals surface area contributed by atoms with Crippen LogP contribution in [0.15, 0.2) is 61.0 Å². The van der Waals surface area contributed by atoms with Gasteiger partial charge in [0.15, 0.2) is 6.61 Å². The van der Waals surface area contributed by atoms with E-state index in [1.54, 1.807) is 41.4 Å². The Morgan fingerprint density at radius 3 is 2.27 bits per heavy atom. The first kappa shape index (κ1) is 23.6. The highest BCUT2D eigenvalue weighted by Gasteiger charge is 2.11. The van der Waals surface area contributed by atoms with Crippen LogP contribution in [0.25, 0.3) is 5.57 Å². The molecule has 2 heterocycles. The van der Waals surface area contributed by atoms with Crippen LogP contribution in [0.2, 0.25) is 0 Å². The maximum Gasteiger partial charge on any atom is 0.344 e. The third-order valence-corrected chi connectivity index (χ3v) is 8.25. The molecule has 0 unspecified atom stereocenters. The zero-order valence-corrected chi connectivity index (χ0v) is 22.1. The van der Waals surface area contributed by atoms with Gasteiger partial charge in [0.2, 0.25) is 0 Å². The third-order valence-electron chi connectivity index (χ3n) is 4.01. The van der Waals surface area contributed by atoms with E-state index in [2.05, 4.69) is 68.3 Å². The molecule has 0 fully saturated rings. The van der Waals surface area contributed by atoms with Gasteiger partial charge in [0.25, 0.3) is 0 Å². The van der Waals surface area contributed by atoms with Crippen LogP contribution >= 0.6 is 66.3 Å². The van der Waals surface area contributed by atoms with Crippen molar-refractivity contribution in [2.45, 2.75) is 18.7 Å². The van der Waals surface area contributed by atoms with Gasteiger partial charge in [0, 0.05) is 26.0 Å². The number of halogens is 2. The van der Waals surface area contributed by atoms with E-state index in [4.69, 9.17) is 9.47 Å². The van der Waals surface area contributed by atoms with Crippen molar-refractivity contribution in [2.24, 2.45) is 0 Å². The summed E-state index contributed by atoms with van der Waals surface area (Å²) in [4.78, 5) is 15.1. The van der Waals surface area contributed by atoms with Gasteiger partial charge in [0.1, 0.15) is 5.75 Å². The van der Waals surface area contributed by atoms with Gasteiger partial charge in [0.05, 0.1) is 14.2 Å². The molecule has 0 radical (unpaired) electrons. The van der Waals surface area contributed by atoms with E-state index in [1.165, 1.54) is 15.3 Å². The van der Waals surface area contributed by atoms with Crippen molar-refractivity contribution >= 4 is 77.8 Å². The molecule has 0 aliphatic heterocycles. The minimum absolute atomic E-state index is 0.0694. The number of hydrogen-bond acceptors (Lipinski definition) is 6. The molecule has 0 N–H and O–H groups in total. The normalized spacial score (nSPS) is 10.7. The Bertz CT molecular complexity index is 998. The van der Waals surface area contributed by atoms with Crippen LogP contribution in [-0.2, 0) is 9.53 Å². The van der Waals surface area contributed by atoms with Crippen molar-refractivity contribution < 1.29 is 14.3 Å². The van der Waals surface area contributed by atoms with Crippen molar-refractivity contribution in [1.29, 1.82) is 0 Å². The van der Waals surface area contributed by atoms with Crippen molar-refractivity contribution in [2.75, 3.05) is 19.0 Å². The highest BCUT2D eigenvalue weighted by molar-refractivity contribution is 9.11. The van der Waals surface area contributed by atoms with Crippen molar-refractivity contribution in [1.82, 2.24) is 0 Å². The largest absolute Gasteiger partial charge is 0.482 e. The molecule has 8 heteroatoms. The second kappa shape index (κ2) is 11.5. The first-order chi connectivity index (χ1) is 14.5. The van der Waals surface area contributed by atoms with Crippen LogP contribution in [0.3, 0.4) is 0 Å². The summed E-state index contributed by atoms with van der Waals surface area (Å²) >= 11 is 12.4. The number of esters is 1. The van der Waals surface area contributed by atoms with Gasteiger partial charge < -0.3 is 9.47 Å². The van der Waals surface area contributed by atoms with E-state index < -0.39 is 0 Å². The van der Waals surface area contributed by atoms with Gasteiger partial charge in [-0.2, -0.15) is 0 Å². The maximum absolute atomic E-state index is 11.5. The first-order valence-corrected chi connectivity index (χ1v) is 13.4. The molecule has 3 nitrogen and oxygen atoms in total. The highest BCUT2D eigenvalue weighted by atomic mass is 79.9. The minimum atomic E-state index is -0.353. The summed E-state index contributed by atoms with van der Waals surface area (Å²) in [5, 5.41) is 0. The Balaban J connectivity index is 1.67. The van der Waals surface area contributed by atoms with Crippen molar-refractivity contribution in [3.63, 3.8) is 0 Å². The number of rotatable bonds is 9. The maximum atomic E-state index is 11.5. The van der Waals surface area contributed by atoms with Crippen LogP contribution in [0.5, 0.6) is 5.75 Å². The van der Waals surface area contributed by atoms with E-state index in [0.717, 1.165) is 23.8 Å². The fourth-order valence-corrected chi connectivity index (χ4v) is 6.49. The standard InChI is InChI=1S/C22H20Br2O3S3/c1-3-26-22(25)13-27-17-5-4-15(12-14(17)2)28-11-10-16(18-6-8-20(23)29-18)19-7-9-21(24)30-19/h4-10,12H,3,11,13H2,1-2H3. The van der Waals surface area contributed by atoms with E-state index in [1.807, 2.05) is 19.1 Å². The SMILES string of the molecule is CCOC(=O)COc1ccc(SCC=C(c2ccc(Br)s2)c2ccc(Br)s2)cc1C. The van der Waals surface area contributed by atoms with Gasteiger partial charge in [-0.15, -0.1) is 34.4 Å². The molecule has 0 amide bonds. The molecule has 3 aromatic rings. The molecule has 0 saturated carbocycles. The minimum Gasteiger partial charge on any atom is -0.482 e. The second-order valence-corrected chi connectivity index (χ2v) is 12.2. The third kappa shape index (κ3) is 6.72. The van der Waals surface area contributed by atoms with Crippen LogP contribution < -0.4 is 4.74 Å². The molecular formula is C22H20Br2O3S3. The van der Waals surface area contributed by atoms with Gasteiger partial charge in [-0.3, -0.25) is 0 Å². The lowest BCUT2D eigenvalue weighted by atomic mass is 10.2. The fraction of sp³-hybridized carbons (Fsp3) is 0.227. The Morgan fingerprint density at radius 2 is 1.73 bits per heavy atom. The van der Waals surface area contributed by atoms with Gasteiger partial charge >= 0.3 is 5.97 Å². The van der Waals surface area contributed by atoms with E-state index in [-0.39, 0.29) is 12.6 Å². The monoisotopic (exact) mass is 586 g/mol. The molecule has 30 heavy (non-hydrogen) atoms. The lowest BCUT2D eigenvalue weighted by Crippen LogP contribution is -2.14. The zero-order chi connectivity index (χ0) is 21.5.